The molecule has 0 bridgehead atoms. The summed E-state index contributed by atoms with van der Waals surface area (Å²) in [6.07, 6.45) is 1.60. The summed E-state index contributed by atoms with van der Waals surface area (Å²) in [5, 5.41) is 5.50. The Balaban J connectivity index is 1.79. The predicted octanol–water partition coefficient (Wildman–Crippen LogP) is 3.12. The van der Waals surface area contributed by atoms with Gasteiger partial charge in [0.05, 0.1) is 6.04 Å². The van der Waals surface area contributed by atoms with Gasteiger partial charge in [0, 0.05) is 0 Å². The molecule has 6 nitrogen and oxygen atoms in total. The van der Waals surface area contributed by atoms with Gasteiger partial charge in [0.2, 0.25) is 5.91 Å². The van der Waals surface area contributed by atoms with Crippen LogP contribution in [0.2, 0.25) is 0 Å². The van der Waals surface area contributed by atoms with E-state index in [9.17, 15) is 9.36 Å². The van der Waals surface area contributed by atoms with Gasteiger partial charge >= 0.3 is 7.75 Å². The molecular formula is C17H19N2O4P. The van der Waals surface area contributed by atoms with E-state index in [2.05, 4.69) is 10.4 Å². The second-order valence-corrected chi connectivity index (χ2v) is 7.01. The molecule has 1 aliphatic heterocycles. The first-order valence-electron chi connectivity index (χ1n) is 7.79. The van der Waals surface area contributed by atoms with E-state index in [-0.39, 0.29) is 11.9 Å². The molecule has 7 heteroatoms. The Morgan fingerprint density at radius 2 is 1.54 bits per heavy atom. The lowest BCUT2D eigenvalue weighted by molar-refractivity contribution is -0.121. The monoisotopic (exact) mass is 346 g/mol. The molecular weight excluding hydrogens is 327 g/mol. The average Bonchev–Trinajstić information content (AvgIpc) is 3.11. The molecule has 1 fully saturated rings. The number of hydrogen-bond donors (Lipinski definition) is 2. The zero-order chi connectivity index (χ0) is 16.8. The van der Waals surface area contributed by atoms with E-state index in [1.165, 1.54) is 0 Å². The topological polar surface area (TPSA) is 76.7 Å². The zero-order valence-electron chi connectivity index (χ0n) is 13.1. The fourth-order valence-electron chi connectivity index (χ4n) is 2.43. The molecule has 126 valence electrons. The summed E-state index contributed by atoms with van der Waals surface area (Å²) in [7, 11) is -3.91. The van der Waals surface area contributed by atoms with Gasteiger partial charge in [-0.2, -0.15) is 0 Å². The number of para-hydroxylation sites is 2. The van der Waals surface area contributed by atoms with Crippen LogP contribution in [0.4, 0.5) is 0 Å². The third-order valence-electron chi connectivity index (χ3n) is 3.56. The van der Waals surface area contributed by atoms with Gasteiger partial charge < -0.3 is 14.4 Å². The lowest BCUT2D eigenvalue weighted by Gasteiger charge is -2.21. The van der Waals surface area contributed by atoms with Crippen LogP contribution in [0.25, 0.3) is 0 Å². The molecule has 0 radical (unpaired) electrons. The highest BCUT2D eigenvalue weighted by Gasteiger charge is 2.35. The van der Waals surface area contributed by atoms with Gasteiger partial charge in [-0.3, -0.25) is 4.79 Å². The van der Waals surface area contributed by atoms with Crippen molar-refractivity contribution in [3.8, 4) is 11.5 Å². The van der Waals surface area contributed by atoms with Gasteiger partial charge in [-0.05, 0) is 43.7 Å². The molecule has 1 heterocycles. The Kier molecular flexibility index (Phi) is 5.18. The molecule has 0 aliphatic carbocycles. The standard InChI is InChI=1S/C17H19N2O4P/c20-17(16-12-7-13-18-16)19-24(21,22-14-8-3-1-4-9-14)23-15-10-5-2-6-11-15/h1-6,8-11,16,18H,7,12-13H2,(H,19,20,21)/t16-/m0/s1. The second kappa shape index (κ2) is 7.51. The van der Waals surface area contributed by atoms with Crippen molar-refractivity contribution in [3.05, 3.63) is 60.7 Å². The number of carbonyl (C=O) groups is 1. The van der Waals surface area contributed by atoms with E-state index in [0.29, 0.717) is 17.9 Å². The Bertz CT molecular complexity index is 672. The molecule has 1 aliphatic rings. The summed E-state index contributed by atoms with van der Waals surface area (Å²) < 4.78 is 24.1. The number of amides is 1. The van der Waals surface area contributed by atoms with Crippen molar-refractivity contribution in [2.24, 2.45) is 0 Å². The molecule has 3 rings (SSSR count). The van der Waals surface area contributed by atoms with E-state index in [1.54, 1.807) is 48.5 Å². The highest BCUT2D eigenvalue weighted by atomic mass is 31.2. The van der Waals surface area contributed by atoms with Gasteiger partial charge in [0.15, 0.2) is 0 Å². The van der Waals surface area contributed by atoms with Crippen molar-refractivity contribution in [3.63, 3.8) is 0 Å². The number of rotatable bonds is 6. The third kappa shape index (κ3) is 4.37. The fraction of sp³-hybridized carbons (Fsp3) is 0.235. The normalized spacial score (nSPS) is 17.2. The molecule has 1 atom stereocenters. The molecule has 2 N–H and O–H groups in total. The highest BCUT2D eigenvalue weighted by Crippen LogP contribution is 2.44. The van der Waals surface area contributed by atoms with Crippen LogP contribution in [0, 0.1) is 0 Å². The van der Waals surface area contributed by atoms with Crippen molar-refractivity contribution in [2.45, 2.75) is 18.9 Å². The molecule has 0 saturated carbocycles. The number of nitrogens with one attached hydrogen (secondary N) is 2. The summed E-state index contributed by atoms with van der Waals surface area (Å²) >= 11 is 0. The largest absolute Gasteiger partial charge is 0.543 e. The van der Waals surface area contributed by atoms with E-state index < -0.39 is 7.75 Å². The highest BCUT2D eigenvalue weighted by molar-refractivity contribution is 7.53. The second-order valence-electron chi connectivity index (χ2n) is 5.43. The zero-order valence-corrected chi connectivity index (χ0v) is 13.9. The summed E-state index contributed by atoms with van der Waals surface area (Å²) in [6.45, 7) is 0.765. The Labute approximate surface area is 140 Å². The smallest absolute Gasteiger partial charge is 0.400 e. The van der Waals surface area contributed by atoms with Crippen LogP contribution in [0.15, 0.2) is 60.7 Å². The summed E-state index contributed by atoms with van der Waals surface area (Å²) in [6, 6.07) is 16.9. The maximum atomic E-state index is 13.1. The summed E-state index contributed by atoms with van der Waals surface area (Å²) in [5.41, 5.74) is 0. The van der Waals surface area contributed by atoms with Crippen LogP contribution in [0.5, 0.6) is 11.5 Å². The Hall–Kier alpha value is -2.30. The van der Waals surface area contributed by atoms with Gasteiger partial charge in [-0.1, -0.05) is 36.4 Å². The average molecular weight is 346 g/mol. The van der Waals surface area contributed by atoms with Crippen molar-refractivity contribution in [2.75, 3.05) is 6.54 Å². The minimum Gasteiger partial charge on any atom is -0.400 e. The first kappa shape index (κ1) is 16.6. The van der Waals surface area contributed by atoms with Crippen molar-refractivity contribution < 1.29 is 18.4 Å². The van der Waals surface area contributed by atoms with Crippen LogP contribution in [-0.2, 0) is 9.36 Å². The van der Waals surface area contributed by atoms with Crippen LogP contribution in [-0.4, -0.2) is 18.5 Å². The molecule has 24 heavy (non-hydrogen) atoms. The van der Waals surface area contributed by atoms with Gasteiger partial charge in [-0.25, -0.2) is 9.65 Å². The predicted molar refractivity (Wildman–Crippen MR) is 90.9 cm³/mol. The van der Waals surface area contributed by atoms with E-state index in [0.717, 1.165) is 13.0 Å². The Morgan fingerprint density at radius 3 is 2.00 bits per heavy atom. The van der Waals surface area contributed by atoms with Gasteiger partial charge in [-0.15, -0.1) is 0 Å². The maximum Gasteiger partial charge on any atom is 0.543 e. The van der Waals surface area contributed by atoms with Crippen LogP contribution in [0.1, 0.15) is 12.8 Å². The van der Waals surface area contributed by atoms with Crippen molar-refractivity contribution in [1.82, 2.24) is 10.4 Å². The first-order valence-corrected chi connectivity index (χ1v) is 9.34. The molecule has 0 unspecified atom stereocenters. The van der Waals surface area contributed by atoms with Crippen LogP contribution in [0.3, 0.4) is 0 Å². The van der Waals surface area contributed by atoms with E-state index >= 15 is 0 Å². The molecule has 2 aromatic rings. The minimum atomic E-state index is -3.91. The first-order chi connectivity index (χ1) is 11.6. The van der Waals surface area contributed by atoms with Crippen molar-refractivity contribution >= 4 is 13.7 Å². The molecule has 1 amide bonds. The van der Waals surface area contributed by atoms with Crippen LogP contribution < -0.4 is 19.5 Å². The van der Waals surface area contributed by atoms with Crippen molar-refractivity contribution in [1.29, 1.82) is 0 Å². The summed E-state index contributed by atoms with van der Waals surface area (Å²) in [5.74, 6) is 0.329. The van der Waals surface area contributed by atoms with Crippen LogP contribution >= 0.6 is 7.75 Å². The van der Waals surface area contributed by atoms with E-state index in [1.807, 2.05) is 12.1 Å². The number of hydrogen-bond acceptors (Lipinski definition) is 5. The lowest BCUT2D eigenvalue weighted by Crippen LogP contribution is -2.40. The Morgan fingerprint density at radius 1 is 1.00 bits per heavy atom. The van der Waals surface area contributed by atoms with Gasteiger partial charge in [0.25, 0.3) is 0 Å². The number of carbonyl (C=O) groups excluding carboxylic acids is 1. The molecule has 0 aromatic heterocycles. The minimum absolute atomic E-state index is 0.358. The summed E-state index contributed by atoms with van der Waals surface area (Å²) in [4.78, 5) is 12.3. The molecule has 1 saturated heterocycles. The number of benzene rings is 2. The molecule has 2 aromatic carbocycles. The molecule has 0 spiro atoms. The van der Waals surface area contributed by atoms with E-state index in [4.69, 9.17) is 9.05 Å². The maximum absolute atomic E-state index is 13.1. The van der Waals surface area contributed by atoms with Gasteiger partial charge in [0.1, 0.15) is 11.5 Å². The fourth-order valence-corrected chi connectivity index (χ4v) is 3.78. The lowest BCUT2D eigenvalue weighted by atomic mass is 10.2. The third-order valence-corrected chi connectivity index (χ3v) is 4.96. The quantitative estimate of drug-likeness (QED) is 0.786. The SMILES string of the molecule is O=C(NP(=O)(Oc1ccccc1)Oc1ccccc1)[C@@H]1CCCN1.